The quantitative estimate of drug-likeness (QED) is 0.563. The molecule has 0 aliphatic rings. The molecule has 0 aromatic carbocycles. The number of hydrogen-bond donors (Lipinski definition) is 3. The number of rotatable bonds is 7. The van der Waals surface area contributed by atoms with Gasteiger partial charge in [-0.15, -0.1) is 0 Å². The van der Waals surface area contributed by atoms with Gasteiger partial charge in [-0.2, -0.15) is 0 Å². The van der Waals surface area contributed by atoms with Crippen LogP contribution in [0, 0.1) is 0 Å². The van der Waals surface area contributed by atoms with E-state index in [1.54, 1.807) is 20.8 Å². The maximum absolute atomic E-state index is 11.8. The van der Waals surface area contributed by atoms with Crippen LogP contribution < -0.4 is 16.4 Å². The van der Waals surface area contributed by atoms with E-state index in [0.717, 1.165) is 0 Å². The minimum absolute atomic E-state index is 0.0990. The SMILES string of the molecule is C[C@H](NC(=O)OC(C)(C)C)C(=O)N[C@H](CCC=O)C(N)=O. The highest BCUT2D eigenvalue weighted by Gasteiger charge is 2.24. The molecular formula is C13H23N3O5. The zero-order valence-corrected chi connectivity index (χ0v) is 12.8. The van der Waals surface area contributed by atoms with Gasteiger partial charge in [-0.05, 0) is 34.1 Å². The van der Waals surface area contributed by atoms with Gasteiger partial charge in [0, 0.05) is 6.42 Å². The van der Waals surface area contributed by atoms with Gasteiger partial charge < -0.3 is 25.9 Å². The fourth-order valence-electron chi connectivity index (χ4n) is 1.37. The second-order valence-corrected chi connectivity index (χ2v) is 5.58. The maximum Gasteiger partial charge on any atom is 0.408 e. The zero-order valence-electron chi connectivity index (χ0n) is 12.8. The second-order valence-electron chi connectivity index (χ2n) is 5.58. The average Bonchev–Trinajstić information content (AvgIpc) is 2.30. The van der Waals surface area contributed by atoms with Gasteiger partial charge >= 0.3 is 6.09 Å². The number of ether oxygens (including phenoxy) is 1. The molecule has 0 unspecified atom stereocenters. The predicted molar refractivity (Wildman–Crippen MR) is 75.3 cm³/mol. The number of carbonyl (C=O) groups excluding carboxylic acids is 4. The molecule has 4 N–H and O–H groups in total. The summed E-state index contributed by atoms with van der Waals surface area (Å²) in [6.45, 7) is 6.52. The van der Waals surface area contributed by atoms with Crippen molar-refractivity contribution in [3.63, 3.8) is 0 Å². The van der Waals surface area contributed by atoms with Crippen molar-refractivity contribution in [1.82, 2.24) is 10.6 Å². The summed E-state index contributed by atoms with van der Waals surface area (Å²) in [4.78, 5) is 44.8. The van der Waals surface area contributed by atoms with Crippen LogP contribution in [0.4, 0.5) is 4.79 Å². The molecule has 0 rings (SSSR count). The van der Waals surface area contributed by atoms with E-state index in [1.165, 1.54) is 6.92 Å². The first-order valence-electron chi connectivity index (χ1n) is 6.59. The van der Waals surface area contributed by atoms with Crippen LogP contribution in [-0.2, 0) is 19.1 Å². The Kier molecular flexibility index (Phi) is 7.40. The fraction of sp³-hybridized carbons (Fsp3) is 0.692. The summed E-state index contributed by atoms with van der Waals surface area (Å²) in [6.07, 6.45) is 0.101. The Hall–Kier alpha value is -2.12. The summed E-state index contributed by atoms with van der Waals surface area (Å²) in [5.41, 5.74) is 4.45. The molecule has 0 aliphatic heterocycles. The molecule has 8 nitrogen and oxygen atoms in total. The van der Waals surface area contributed by atoms with Crippen molar-refractivity contribution in [2.24, 2.45) is 5.73 Å². The van der Waals surface area contributed by atoms with Gasteiger partial charge in [0.25, 0.3) is 0 Å². The Labute approximate surface area is 123 Å². The van der Waals surface area contributed by atoms with E-state index in [1.807, 2.05) is 0 Å². The Morgan fingerprint density at radius 1 is 1.24 bits per heavy atom. The second kappa shape index (κ2) is 8.23. The Bertz CT molecular complexity index is 403. The zero-order chi connectivity index (χ0) is 16.6. The lowest BCUT2D eigenvalue weighted by molar-refractivity contribution is -0.128. The number of hydrogen-bond acceptors (Lipinski definition) is 5. The third-order valence-corrected chi connectivity index (χ3v) is 2.36. The molecule has 0 saturated heterocycles. The molecule has 21 heavy (non-hydrogen) atoms. The van der Waals surface area contributed by atoms with E-state index in [-0.39, 0.29) is 12.8 Å². The third-order valence-electron chi connectivity index (χ3n) is 2.36. The highest BCUT2D eigenvalue weighted by Crippen LogP contribution is 2.06. The van der Waals surface area contributed by atoms with Crippen LogP contribution in [0.15, 0.2) is 0 Å². The third kappa shape index (κ3) is 8.61. The molecule has 0 saturated carbocycles. The van der Waals surface area contributed by atoms with Gasteiger partial charge in [0.05, 0.1) is 0 Å². The van der Waals surface area contributed by atoms with Crippen molar-refractivity contribution in [3.8, 4) is 0 Å². The fourth-order valence-corrected chi connectivity index (χ4v) is 1.37. The number of amides is 3. The van der Waals surface area contributed by atoms with E-state index in [4.69, 9.17) is 10.5 Å². The Morgan fingerprint density at radius 3 is 2.24 bits per heavy atom. The molecule has 0 aromatic heterocycles. The number of nitrogens with one attached hydrogen (secondary N) is 2. The van der Waals surface area contributed by atoms with Crippen LogP contribution in [0.1, 0.15) is 40.5 Å². The average molecular weight is 301 g/mol. The minimum atomic E-state index is -0.953. The first-order valence-corrected chi connectivity index (χ1v) is 6.59. The van der Waals surface area contributed by atoms with Crippen LogP contribution in [-0.4, -0.2) is 41.9 Å². The highest BCUT2D eigenvalue weighted by molar-refractivity contribution is 5.90. The smallest absolute Gasteiger partial charge is 0.408 e. The lowest BCUT2D eigenvalue weighted by Gasteiger charge is -2.22. The van der Waals surface area contributed by atoms with Crippen molar-refractivity contribution in [1.29, 1.82) is 0 Å². The highest BCUT2D eigenvalue weighted by atomic mass is 16.6. The molecule has 0 aliphatic carbocycles. The molecular weight excluding hydrogens is 278 g/mol. The largest absolute Gasteiger partial charge is 0.444 e. The number of alkyl carbamates (subject to hydrolysis) is 1. The van der Waals surface area contributed by atoms with Crippen LogP contribution in [0.2, 0.25) is 0 Å². The molecule has 0 heterocycles. The van der Waals surface area contributed by atoms with Crippen molar-refractivity contribution >= 4 is 24.2 Å². The first-order chi connectivity index (χ1) is 9.56. The molecule has 0 radical (unpaired) electrons. The standard InChI is InChI=1S/C13H23N3O5/c1-8(15-12(20)21-13(2,3)4)11(19)16-9(10(14)18)6-5-7-17/h7-9H,5-6H2,1-4H3,(H2,14,18)(H,15,20)(H,16,19)/t8-,9+/m0/s1. The maximum atomic E-state index is 11.8. The number of primary amides is 1. The van der Waals surface area contributed by atoms with Crippen LogP contribution in [0.3, 0.4) is 0 Å². The first kappa shape index (κ1) is 18.9. The number of aldehydes is 1. The Balaban J connectivity index is 4.45. The number of nitrogens with two attached hydrogens (primary N) is 1. The van der Waals surface area contributed by atoms with E-state index in [0.29, 0.717) is 6.29 Å². The van der Waals surface area contributed by atoms with Gasteiger partial charge in [-0.1, -0.05) is 0 Å². The molecule has 2 atom stereocenters. The molecule has 3 amide bonds. The van der Waals surface area contributed by atoms with E-state index < -0.39 is 35.6 Å². The normalized spacial score (nSPS) is 13.7. The van der Waals surface area contributed by atoms with Gasteiger partial charge in [0.2, 0.25) is 11.8 Å². The summed E-state index contributed by atoms with van der Waals surface area (Å²) in [5, 5.41) is 4.72. The van der Waals surface area contributed by atoms with E-state index >= 15 is 0 Å². The van der Waals surface area contributed by atoms with E-state index in [2.05, 4.69) is 10.6 Å². The van der Waals surface area contributed by atoms with Crippen molar-refractivity contribution in [2.45, 2.75) is 58.2 Å². The molecule has 0 bridgehead atoms. The summed E-state index contributed by atoms with van der Waals surface area (Å²) in [6, 6.07) is -1.86. The number of carbonyl (C=O) groups is 4. The molecule has 0 aromatic rings. The Morgan fingerprint density at radius 2 is 1.81 bits per heavy atom. The lowest BCUT2D eigenvalue weighted by atomic mass is 10.1. The van der Waals surface area contributed by atoms with Crippen LogP contribution >= 0.6 is 0 Å². The topological polar surface area (TPSA) is 128 Å². The monoisotopic (exact) mass is 301 g/mol. The van der Waals surface area contributed by atoms with Gasteiger partial charge in [0.1, 0.15) is 24.0 Å². The van der Waals surface area contributed by atoms with Gasteiger partial charge in [-0.3, -0.25) is 9.59 Å². The summed E-state index contributed by atoms with van der Waals surface area (Å²) < 4.78 is 5.01. The van der Waals surface area contributed by atoms with Gasteiger partial charge in [-0.25, -0.2) is 4.79 Å². The van der Waals surface area contributed by atoms with Crippen molar-refractivity contribution in [3.05, 3.63) is 0 Å². The molecule has 120 valence electrons. The minimum Gasteiger partial charge on any atom is -0.444 e. The summed E-state index contributed by atoms with van der Waals surface area (Å²) in [7, 11) is 0. The van der Waals surface area contributed by atoms with Gasteiger partial charge in [0.15, 0.2) is 0 Å². The predicted octanol–water partition coefficient (Wildman–Crippen LogP) is -0.151. The van der Waals surface area contributed by atoms with E-state index in [9.17, 15) is 19.2 Å². The van der Waals surface area contributed by atoms with Crippen LogP contribution in [0.25, 0.3) is 0 Å². The summed E-state index contributed by atoms with van der Waals surface area (Å²) in [5.74, 6) is -1.33. The molecule has 0 spiro atoms. The summed E-state index contributed by atoms with van der Waals surface area (Å²) >= 11 is 0. The van der Waals surface area contributed by atoms with Crippen molar-refractivity contribution in [2.75, 3.05) is 0 Å². The molecule has 8 heteroatoms. The molecule has 0 fully saturated rings. The van der Waals surface area contributed by atoms with Crippen molar-refractivity contribution < 1.29 is 23.9 Å². The lowest BCUT2D eigenvalue weighted by Crippen LogP contribution is -2.52. The van der Waals surface area contributed by atoms with Crippen LogP contribution in [0.5, 0.6) is 0 Å².